The summed E-state index contributed by atoms with van der Waals surface area (Å²) in [5.74, 6) is -0.762. The van der Waals surface area contributed by atoms with Gasteiger partial charge in [-0.25, -0.2) is 8.78 Å². The Morgan fingerprint density at radius 2 is 1.73 bits per heavy atom. The van der Waals surface area contributed by atoms with Crippen LogP contribution in [0.5, 0.6) is 5.75 Å². The number of halogens is 2. The first-order chi connectivity index (χ1) is 10.4. The van der Waals surface area contributed by atoms with E-state index in [1.165, 1.54) is 30.3 Å². The zero-order chi connectivity index (χ0) is 16.2. The van der Waals surface area contributed by atoms with Crippen LogP contribution < -0.4 is 10.1 Å². The molecule has 0 bridgehead atoms. The maximum Gasteiger partial charge on any atom is 0.263 e. The molecule has 22 heavy (non-hydrogen) atoms. The number of carbonyl (C=O) groups excluding carboxylic acids is 1. The van der Waals surface area contributed by atoms with Crippen molar-refractivity contribution in [1.82, 2.24) is 5.32 Å². The van der Waals surface area contributed by atoms with Gasteiger partial charge in [0.2, 0.25) is 0 Å². The molecule has 0 saturated carbocycles. The molecule has 5 heteroatoms. The van der Waals surface area contributed by atoms with E-state index in [0.717, 1.165) is 0 Å². The van der Waals surface area contributed by atoms with Crippen molar-refractivity contribution in [3.8, 4) is 5.75 Å². The molecule has 0 spiro atoms. The van der Waals surface area contributed by atoms with Crippen molar-refractivity contribution in [1.29, 1.82) is 0 Å². The number of rotatable bonds is 5. The van der Waals surface area contributed by atoms with Gasteiger partial charge in [-0.05, 0) is 44.2 Å². The van der Waals surface area contributed by atoms with E-state index in [1.54, 1.807) is 32.0 Å². The van der Waals surface area contributed by atoms with Gasteiger partial charge in [0, 0.05) is 12.1 Å². The molecule has 3 nitrogen and oxygen atoms in total. The predicted octanol–water partition coefficient (Wildman–Crippen LogP) is 3.44. The lowest BCUT2D eigenvalue weighted by molar-refractivity contribution is -0.134. The summed E-state index contributed by atoms with van der Waals surface area (Å²) in [6.45, 7) is 3.25. The summed E-state index contributed by atoms with van der Waals surface area (Å²) in [6, 6.07) is 11.6. The highest BCUT2D eigenvalue weighted by Gasteiger charge is 2.29. The number of hydrogen-bond donors (Lipinski definition) is 1. The average Bonchev–Trinajstić information content (AvgIpc) is 2.48. The molecule has 0 radical (unpaired) electrons. The normalized spacial score (nSPS) is 11.1. The highest BCUT2D eigenvalue weighted by atomic mass is 19.1. The van der Waals surface area contributed by atoms with Crippen LogP contribution in [-0.2, 0) is 11.3 Å². The minimum atomic E-state index is -1.16. The molecule has 0 aliphatic heterocycles. The summed E-state index contributed by atoms with van der Waals surface area (Å²) in [4.78, 5) is 12.2. The Balaban J connectivity index is 1.98. The molecule has 0 aromatic heterocycles. The van der Waals surface area contributed by atoms with Crippen LogP contribution >= 0.6 is 0 Å². The Kier molecular flexibility index (Phi) is 4.75. The first kappa shape index (κ1) is 15.9. The maximum atomic E-state index is 13.5. The molecule has 0 saturated heterocycles. The number of amides is 1. The fourth-order valence-electron chi connectivity index (χ4n) is 1.87. The second-order valence-corrected chi connectivity index (χ2v) is 5.34. The summed E-state index contributed by atoms with van der Waals surface area (Å²) in [6.07, 6.45) is 0. The highest BCUT2D eigenvalue weighted by Crippen LogP contribution is 2.19. The number of benzene rings is 2. The Morgan fingerprint density at radius 1 is 1.09 bits per heavy atom. The van der Waals surface area contributed by atoms with E-state index < -0.39 is 5.60 Å². The van der Waals surface area contributed by atoms with Gasteiger partial charge in [-0.15, -0.1) is 0 Å². The standard InChI is InChI=1S/C17H17F2NO2/c1-17(2,22-14-9-7-13(18)8-10-14)16(21)20-11-12-5-3-4-6-15(12)19/h3-10H,11H2,1-2H3,(H,20,21). The summed E-state index contributed by atoms with van der Waals surface area (Å²) >= 11 is 0. The van der Waals surface area contributed by atoms with Crippen molar-refractivity contribution >= 4 is 5.91 Å². The first-order valence-electron chi connectivity index (χ1n) is 6.85. The SMILES string of the molecule is CC(C)(Oc1ccc(F)cc1)C(=O)NCc1ccccc1F. The third kappa shape index (κ3) is 4.04. The Hall–Kier alpha value is -2.43. The topological polar surface area (TPSA) is 38.3 Å². The van der Waals surface area contributed by atoms with Crippen LogP contribution in [0.1, 0.15) is 19.4 Å². The third-order valence-electron chi connectivity index (χ3n) is 3.13. The van der Waals surface area contributed by atoms with Gasteiger partial charge in [0.25, 0.3) is 5.91 Å². The molecule has 2 rings (SSSR count). The molecule has 1 N–H and O–H groups in total. The molecular formula is C17H17F2NO2. The Bertz CT molecular complexity index is 654. The molecule has 2 aromatic rings. The fourth-order valence-corrected chi connectivity index (χ4v) is 1.87. The third-order valence-corrected chi connectivity index (χ3v) is 3.13. The van der Waals surface area contributed by atoms with E-state index in [-0.39, 0.29) is 24.1 Å². The van der Waals surface area contributed by atoms with E-state index in [0.29, 0.717) is 11.3 Å². The van der Waals surface area contributed by atoms with Crippen LogP contribution in [0.25, 0.3) is 0 Å². The average molecular weight is 305 g/mol. The molecule has 0 atom stereocenters. The van der Waals surface area contributed by atoms with E-state index in [2.05, 4.69) is 5.32 Å². The monoisotopic (exact) mass is 305 g/mol. The van der Waals surface area contributed by atoms with Crippen molar-refractivity contribution < 1.29 is 18.3 Å². The van der Waals surface area contributed by atoms with E-state index >= 15 is 0 Å². The zero-order valence-corrected chi connectivity index (χ0v) is 12.4. The summed E-state index contributed by atoms with van der Waals surface area (Å²) < 4.78 is 31.9. The summed E-state index contributed by atoms with van der Waals surface area (Å²) in [7, 11) is 0. The van der Waals surface area contributed by atoms with E-state index in [4.69, 9.17) is 4.74 Å². The maximum absolute atomic E-state index is 13.5. The van der Waals surface area contributed by atoms with E-state index in [1.807, 2.05) is 0 Å². The van der Waals surface area contributed by atoms with Gasteiger partial charge in [-0.3, -0.25) is 4.79 Å². The number of ether oxygens (including phenoxy) is 1. The van der Waals surface area contributed by atoms with Crippen LogP contribution in [0.15, 0.2) is 48.5 Å². The van der Waals surface area contributed by atoms with Crippen LogP contribution in [0, 0.1) is 11.6 Å². The molecular weight excluding hydrogens is 288 g/mol. The largest absolute Gasteiger partial charge is 0.478 e. The van der Waals surface area contributed by atoms with Gasteiger partial charge >= 0.3 is 0 Å². The Labute approximate surface area is 127 Å². The van der Waals surface area contributed by atoms with Crippen molar-refractivity contribution in [2.24, 2.45) is 0 Å². The molecule has 0 unspecified atom stereocenters. The van der Waals surface area contributed by atoms with Crippen LogP contribution in [0.4, 0.5) is 8.78 Å². The Morgan fingerprint density at radius 3 is 2.36 bits per heavy atom. The fraction of sp³-hybridized carbons (Fsp3) is 0.235. The second-order valence-electron chi connectivity index (χ2n) is 5.34. The van der Waals surface area contributed by atoms with Gasteiger partial charge < -0.3 is 10.1 Å². The van der Waals surface area contributed by atoms with Gasteiger partial charge in [0.1, 0.15) is 17.4 Å². The van der Waals surface area contributed by atoms with E-state index in [9.17, 15) is 13.6 Å². The van der Waals surface area contributed by atoms with Crippen LogP contribution in [0.2, 0.25) is 0 Å². The second kappa shape index (κ2) is 6.56. The van der Waals surface area contributed by atoms with Gasteiger partial charge in [-0.1, -0.05) is 18.2 Å². The number of nitrogens with one attached hydrogen (secondary N) is 1. The quantitative estimate of drug-likeness (QED) is 0.919. The summed E-state index contributed by atoms with van der Waals surface area (Å²) in [5.41, 5.74) is -0.767. The summed E-state index contributed by atoms with van der Waals surface area (Å²) in [5, 5.41) is 2.63. The van der Waals surface area contributed by atoms with Crippen LogP contribution in [0.3, 0.4) is 0 Å². The highest BCUT2D eigenvalue weighted by molar-refractivity contribution is 5.84. The van der Waals surface area contributed by atoms with Crippen molar-refractivity contribution in [2.45, 2.75) is 26.0 Å². The smallest absolute Gasteiger partial charge is 0.263 e. The van der Waals surface area contributed by atoms with Crippen LogP contribution in [-0.4, -0.2) is 11.5 Å². The minimum Gasteiger partial charge on any atom is -0.478 e. The first-order valence-corrected chi connectivity index (χ1v) is 6.85. The molecule has 2 aromatic carbocycles. The lowest BCUT2D eigenvalue weighted by atomic mass is 10.1. The molecule has 0 fully saturated rings. The lowest BCUT2D eigenvalue weighted by Gasteiger charge is -2.25. The lowest BCUT2D eigenvalue weighted by Crippen LogP contribution is -2.46. The van der Waals surface area contributed by atoms with Gasteiger partial charge in [-0.2, -0.15) is 0 Å². The van der Waals surface area contributed by atoms with Crippen molar-refractivity contribution in [3.63, 3.8) is 0 Å². The molecule has 1 amide bonds. The molecule has 0 aliphatic rings. The number of hydrogen-bond acceptors (Lipinski definition) is 2. The number of carbonyl (C=O) groups is 1. The van der Waals surface area contributed by atoms with Gasteiger partial charge in [0.05, 0.1) is 0 Å². The van der Waals surface area contributed by atoms with Crippen molar-refractivity contribution in [2.75, 3.05) is 0 Å². The molecule has 116 valence electrons. The molecule has 0 aliphatic carbocycles. The van der Waals surface area contributed by atoms with Crippen molar-refractivity contribution in [3.05, 3.63) is 65.7 Å². The predicted molar refractivity (Wildman–Crippen MR) is 79.4 cm³/mol. The molecule has 0 heterocycles. The minimum absolute atomic E-state index is 0.0711. The van der Waals surface area contributed by atoms with Gasteiger partial charge in [0.15, 0.2) is 5.60 Å². The zero-order valence-electron chi connectivity index (χ0n) is 12.4.